The van der Waals surface area contributed by atoms with Crippen LogP contribution in [0.15, 0.2) is 33.7 Å². The molecule has 2 aromatic heterocycles. The number of quaternary nitrogens is 1. The lowest BCUT2D eigenvalue weighted by atomic mass is 9.83. The molecule has 0 spiro atoms. The van der Waals surface area contributed by atoms with E-state index in [-0.39, 0.29) is 0 Å². The van der Waals surface area contributed by atoms with Gasteiger partial charge in [0.2, 0.25) is 0 Å². The zero-order valence-electron chi connectivity index (χ0n) is 14.8. The highest BCUT2D eigenvalue weighted by molar-refractivity contribution is 7.08. The quantitative estimate of drug-likeness (QED) is 0.623. The van der Waals surface area contributed by atoms with Gasteiger partial charge in [-0.3, -0.25) is 0 Å². The monoisotopic (exact) mass is 352 g/mol. The number of aliphatic hydroxyl groups is 1. The Morgan fingerprint density at radius 1 is 1.04 bits per heavy atom. The van der Waals surface area contributed by atoms with E-state index in [9.17, 15) is 5.11 Å². The average Bonchev–Trinajstić information content (AvgIpc) is 3.21. The third-order valence-corrected chi connectivity index (χ3v) is 6.49. The van der Waals surface area contributed by atoms with Crippen molar-refractivity contribution in [3.63, 3.8) is 0 Å². The van der Waals surface area contributed by atoms with Gasteiger partial charge in [0.1, 0.15) is 5.60 Å². The van der Waals surface area contributed by atoms with Gasteiger partial charge in [0, 0.05) is 6.42 Å². The molecule has 0 amide bonds. The van der Waals surface area contributed by atoms with Crippen molar-refractivity contribution in [3.05, 3.63) is 44.8 Å². The Kier molecular flexibility index (Phi) is 6.43. The maximum atomic E-state index is 11.6. The maximum absolute atomic E-state index is 11.6. The lowest BCUT2D eigenvalue weighted by Crippen LogP contribution is -2.54. The molecule has 4 heteroatoms. The second-order valence-electron chi connectivity index (χ2n) is 6.86. The minimum absolute atomic E-state index is 0.403. The first-order valence-electron chi connectivity index (χ1n) is 8.58. The van der Waals surface area contributed by atoms with Crippen LogP contribution in [0.1, 0.15) is 51.2 Å². The standard InChI is InChI=1S/C19H30NOS2/c1-5-9-20(4,10-6-2)16(3)13-19(21,17-7-11-22-14-17)18-8-12-23-15-18/h7-8,11-12,14-16,21H,5-6,9-10,13H2,1-4H3/q+1. The van der Waals surface area contributed by atoms with E-state index in [1.54, 1.807) is 22.7 Å². The fourth-order valence-electron chi connectivity index (χ4n) is 3.62. The summed E-state index contributed by atoms with van der Waals surface area (Å²) in [6.45, 7) is 9.14. The van der Waals surface area contributed by atoms with Crippen LogP contribution >= 0.6 is 22.7 Å². The molecular formula is C19H30NOS2+. The third kappa shape index (κ3) is 4.05. The van der Waals surface area contributed by atoms with Crippen molar-refractivity contribution in [3.8, 4) is 0 Å². The first-order valence-corrected chi connectivity index (χ1v) is 10.5. The van der Waals surface area contributed by atoms with E-state index >= 15 is 0 Å². The lowest BCUT2D eigenvalue weighted by molar-refractivity contribution is -0.932. The van der Waals surface area contributed by atoms with Crippen molar-refractivity contribution in [2.24, 2.45) is 0 Å². The number of thiophene rings is 2. The predicted molar refractivity (Wildman–Crippen MR) is 102 cm³/mol. The molecule has 2 nitrogen and oxygen atoms in total. The first kappa shape index (κ1) is 18.7. The molecule has 0 bridgehead atoms. The van der Waals surface area contributed by atoms with E-state index in [4.69, 9.17) is 0 Å². The van der Waals surface area contributed by atoms with Crippen LogP contribution in [0.3, 0.4) is 0 Å². The fourth-order valence-corrected chi connectivity index (χ4v) is 5.07. The van der Waals surface area contributed by atoms with Crippen LogP contribution in [-0.4, -0.2) is 35.8 Å². The van der Waals surface area contributed by atoms with Gasteiger partial charge in [-0.2, -0.15) is 22.7 Å². The molecule has 0 saturated heterocycles. The highest BCUT2D eigenvalue weighted by Crippen LogP contribution is 2.38. The third-order valence-electron chi connectivity index (χ3n) is 5.12. The number of hydrogen-bond acceptors (Lipinski definition) is 3. The van der Waals surface area contributed by atoms with Crippen molar-refractivity contribution in [2.75, 3.05) is 20.1 Å². The molecule has 2 rings (SSSR count). The van der Waals surface area contributed by atoms with Crippen molar-refractivity contribution in [1.82, 2.24) is 0 Å². The molecule has 0 aliphatic carbocycles. The van der Waals surface area contributed by atoms with Crippen LogP contribution in [0.25, 0.3) is 0 Å². The second-order valence-corrected chi connectivity index (χ2v) is 8.42. The smallest absolute Gasteiger partial charge is 0.122 e. The highest BCUT2D eigenvalue weighted by atomic mass is 32.1. The molecular weight excluding hydrogens is 322 g/mol. The molecule has 1 N–H and O–H groups in total. The summed E-state index contributed by atoms with van der Waals surface area (Å²) < 4.78 is 1.03. The average molecular weight is 353 g/mol. The maximum Gasteiger partial charge on any atom is 0.122 e. The van der Waals surface area contributed by atoms with Gasteiger partial charge in [0.15, 0.2) is 0 Å². The van der Waals surface area contributed by atoms with E-state index < -0.39 is 5.60 Å². The van der Waals surface area contributed by atoms with E-state index in [1.165, 1.54) is 25.9 Å². The summed E-state index contributed by atoms with van der Waals surface area (Å²) in [5.74, 6) is 0. The van der Waals surface area contributed by atoms with Crippen LogP contribution in [0.2, 0.25) is 0 Å². The van der Waals surface area contributed by atoms with Crippen LogP contribution in [0.5, 0.6) is 0 Å². The molecule has 0 radical (unpaired) electrons. The van der Waals surface area contributed by atoms with Crippen LogP contribution in [0.4, 0.5) is 0 Å². The Balaban J connectivity index is 2.31. The van der Waals surface area contributed by atoms with Crippen molar-refractivity contribution in [2.45, 2.75) is 51.7 Å². The molecule has 0 aromatic carbocycles. The normalized spacial score (nSPS) is 14.1. The summed E-state index contributed by atoms with van der Waals surface area (Å²) in [5.41, 5.74) is 1.19. The topological polar surface area (TPSA) is 20.2 Å². The molecule has 0 fully saturated rings. The Labute approximate surface area is 149 Å². The molecule has 1 unspecified atom stereocenters. The molecule has 23 heavy (non-hydrogen) atoms. The van der Waals surface area contributed by atoms with Gasteiger partial charge in [-0.1, -0.05) is 13.8 Å². The van der Waals surface area contributed by atoms with Gasteiger partial charge in [0.25, 0.3) is 0 Å². The number of rotatable bonds is 9. The van der Waals surface area contributed by atoms with Crippen LogP contribution < -0.4 is 0 Å². The largest absolute Gasteiger partial charge is 0.380 e. The Hall–Kier alpha value is -0.680. The summed E-state index contributed by atoms with van der Waals surface area (Å²) in [6.07, 6.45) is 3.11. The molecule has 0 saturated carbocycles. The summed E-state index contributed by atoms with van der Waals surface area (Å²) in [4.78, 5) is 0. The minimum atomic E-state index is -0.875. The van der Waals surface area contributed by atoms with Gasteiger partial charge < -0.3 is 9.59 Å². The van der Waals surface area contributed by atoms with Crippen LogP contribution in [0, 0.1) is 0 Å². The second kappa shape index (κ2) is 7.93. The van der Waals surface area contributed by atoms with Gasteiger partial charge in [-0.25, -0.2) is 0 Å². The molecule has 0 aliphatic rings. The molecule has 128 valence electrons. The Bertz CT molecular complexity index is 522. The Morgan fingerprint density at radius 3 is 1.87 bits per heavy atom. The predicted octanol–water partition coefficient (Wildman–Crippen LogP) is 5.09. The summed E-state index contributed by atoms with van der Waals surface area (Å²) in [7, 11) is 2.35. The molecule has 2 aromatic rings. The van der Waals surface area contributed by atoms with Gasteiger partial charge >= 0.3 is 0 Å². The Morgan fingerprint density at radius 2 is 1.52 bits per heavy atom. The van der Waals surface area contributed by atoms with Crippen molar-refractivity contribution in [1.29, 1.82) is 0 Å². The zero-order valence-corrected chi connectivity index (χ0v) is 16.4. The highest BCUT2D eigenvalue weighted by Gasteiger charge is 2.39. The molecule has 0 aliphatic heterocycles. The van der Waals surface area contributed by atoms with E-state index in [0.29, 0.717) is 6.04 Å². The van der Waals surface area contributed by atoms with Gasteiger partial charge in [-0.05, 0) is 64.5 Å². The number of hydrogen-bond donors (Lipinski definition) is 1. The summed E-state index contributed by atoms with van der Waals surface area (Å²) in [6, 6.07) is 4.54. The molecule has 1 atom stereocenters. The minimum Gasteiger partial charge on any atom is -0.380 e. The van der Waals surface area contributed by atoms with E-state index in [1.807, 2.05) is 0 Å². The zero-order chi connectivity index (χ0) is 16.9. The first-order chi connectivity index (χ1) is 11.0. The lowest BCUT2D eigenvalue weighted by Gasteiger charge is -2.43. The van der Waals surface area contributed by atoms with Gasteiger partial charge in [-0.15, -0.1) is 0 Å². The van der Waals surface area contributed by atoms with Gasteiger partial charge in [0.05, 0.1) is 26.2 Å². The van der Waals surface area contributed by atoms with E-state index in [0.717, 1.165) is 22.0 Å². The van der Waals surface area contributed by atoms with E-state index in [2.05, 4.69) is 61.5 Å². The van der Waals surface area contributed by atoms with Crippen molar-refractivity contribution >= 4 is 22.7 Å². The summed E-state index contributed by atoms with van der Waals surface area (Å²) in [5, 5.41) is 19.9. The number of nitrogens with zero attached hydrogens (tertiary/aromatic N) is 1. The SMILES string of the molecule is CCC[N+](C)(CCC)C(C)CC(O)(c1ccsc1)c1ccsc1. The van der Waals surface area contributed by atoms with Crippen LogP contribution in [-0.2, 0) is 5.60 Å². The fraction of sp³-hybridized carbons (Fsp3) is 0.579. The molecule has 2 heterocycles. The van der Waals surface area contributed by atoms with Crippen molar-refractivity contribution < 1.29 is 9.59 Å². The summed E-state index contributed by atoms with van der Waals surface area (Å²) >= 11 is 3.31.